The Morgan fingerprint density at radius 2 is 1.86 bits per heavy atom. The zero-order chi connectivity index (χ0) is 26.6. The van der Waals surface area contributed by atoms with Gasteiger partial charge in [-0.3, -0.25) is 14.4 Å². The van der Waals surface area contributed by atoms with Crippen molar-refractivity contribution in [2.75, 3.05) is 13.2 Å². The van der Waals surface area contributed by atoms with Gasteiger partial charge in [0.25, 0.3) is 0 Å². The van der Waals surface area contributed by atoms with Crippen LogP contribution in [0.1, 0.15) is 88.0 Å². The molecule has 2 N–H and O–H groups in total. The Morgan fingerprint density at radius 3 is 2.37 bits per heavy atom. The summed E-state index contributed by atoms with van der Waals surface area (Å²) >= 11 is 1.64. The van der Waals surface area contributed by atoms with Crippen LogP contribution in [0.2, 0.25) is 0 Å². The van der Waals surface area contributed by atoms with E-state index in [2.05, 4.69) is 26.1 Å². The summed E-state index contributed by atoms with van der Waals surface area (Å²) in [5.41, 5.74) is -0.466. The summed E-state index contributed by atoms with van der Waals surface area (Å²) in [7, 11) is 0. The molecule has 3 aliphatic rings. The molecule has 0 radical (unpaired) electrons. The number of nitrogens with zero attached hydrogens (tertiary/aromatic N) is 1. The Kier molecular flexibility index (Phi) is 7.72. The Labute approximate surface area is 215 Å². The van der Waals surface area contributed by atoms with Gasteiger partial charge in [-0.1, -0.05) is 41.0 Å². The lowest BCUT2D eigenvalue weighted by Crippen LogP contribution is -2.61. The van der Waals surface area contributed by atoms with Crippen molar-refractivity contribution in [2.24, 2.45) is 23.2 Å². The molecular formula is C27H46N2O5S. The van der Waals surface area contributed by atoms with Gasteiger partial charge in [0.1, 0.15) is 6.04 Å². The van der Waals surface area contributed by atoms with Crippen LogP contribution < -0.4 is 5.32 Å². The maximum atomic E-state index is 14.2. The van der Waals surface area contributed by atoms with Gasteiger partial charge in [0.15, 0.2) is 0 Å². The minimum Gasteiger partial charge on any atom is -0.466 e. The summed E-state index contributed by atoms with van der Waals surface area (Å²) in [6.45, 7) is 18.4. The maximum absolute atomic E-state index is 14.2. The van der Waals surface area contributed by atoms with Crippen molar-refractivity contribution in [2.45, 2.75) is 115 Å². The van der Waals surface area contributed by atoms with Crippen molar-refractivity contribution in [3.8, 4) is 0 Å². The lowest BCUT2D eigenvalue weighted by molar-refractivity contribution is -0.155. The highest BCUT2D eigenvalue weighted by Gasteiger charge is 2.78. The van der Waals surface area contributed by atoms with Crippen LogP contribution in [0.4, 0.5) is 0 Å². The fourth-order valence-electron chi connectivity index (χ4n) is 7.20. The molecule has 0 aromatic rings. The molecule has 2 amide bonds. The van der Waals surface area contributed by atoms with Crippen LogP contribution in [0.5, 0.6) is 0 Å². The number of amides is 2. The zero-order valence-electron chi connectivity index (χ0n) is 23.1. The lowest BCUT2D eigenvalue weighted by atomic mass is 9.66. The molecule has 3 aliphatic heterocycles. The molecule has 35 heavy (non-hydrogen) atoms. The van der Waals surface area contributed by atoms with Crippen LogP contribution >= 0.6 is 11.8 Å². The molecule has 8 heteroatoms. The molecule has 2 unspecified atom stereocenters. The van der Waals surface area contributed by atoms with Gasteiger partial charge in [-0.25, -0.2) is 0 Å². The first kappa shape index (κ1) is 28.3. The minimum atomic E-state index is -0.739. The van der Waals surface area contributed by atoms with E-state index in [0.717, 1.165) is 19.3 Å². The molecule has 200 valence electrons. The van der Waals surface area contributed by atoms with Gasteiger partial charge in [-0.15, -0.1) is 11.8 Å². The first-order valence-electron chi connectivity index (χ1n) is 13.2. The summed E-state index contributed by atoms with van der Waals surface area (Å²) in [6, 6.07) is -1.22. The second-order valence-electron chi connectivity index (χ2n) is 13.0. The number of ether oxygens (including phenoxy) is 1. The summed E-state index contributed by atoms with van der Waals surface area (Å²) in [5.74, 6) is -1.92. The highest BCUT2D eigenvalue weighted by molar-refractivity contribution is 8.02. The van der Waals surface area contributed by atoms with Crippen LogP contribution in [0.25, 0.3) is 0 Å². The van der Waals surface area contributed by atoms with E-state index in [1.54, 1.807) is 23.6 Å². The lowest BCUT2D eigenvalue weighted by Gasteiger charge is -2.41. The number of thioether (sulfide) groups is 1. The SMILES string of the molecule is CCOC(=O)[C@H]1[C@H]2C(=O)N([C@@H](CO)[C@@H](C)CC)C(C(=O)NC(C)(C)CC(C)(C)C)C23CC[C@]1(C)S3. The average molecular weight is 511 g/mol. The molecule has 3 rings (SSSR count). The third-order valence-electron chi connectivity index (χ3n) is 8.28. The molecule has 0 aromatic heterocycles. The fourth-order valence-corrected chi connectivity index (χ4v) is 9.53. The first-order valence-corrected chi connectivity index (χ1v) is 14.0. The molecule has 3 fully saturated rings. The number of carbonyl (C=O) groups is 3. The van der Waals surface area contributed by atoms with Crippen molar-refractivity contribution in [3.63, 3.8) is 0 Å². The van der Waals surface area contributed by atoms with Crippen molar-refractivity contribution < 1.29 is 24.2 Å². The monoisotopic (exact) mass is 510 g/mol. The van der Waals surface area contributed by atoms with Crippen LogP contribution in [-0.4, -0.2) is 68.1 Å². The molecule has 7 nitrogen and oxygen atoms in total. The van der Waals surface area contributed by atoms with E-state index in [0.29, 0.717) is 6.42 Å². The van der Waals surface area contributed by atoms with Crippen molar-refractivity contribution in [1.82, 2.24) is 10.2 Å². The van der Waals surface area contributed by atoms with Crippen LogP contribution in [0.3, 0.4) is 0 Å². The van der Waals surface area contributed by atoms with Gasteiger partial charge in [0, 0.05) is 10.3 Å². The number of nitrogens with one attached hydrogen (secondary N) is 1. The summed E-state index contributed by atoms with van der Waals surface area (Å²) in [5, 5.41) is 13.7. The number of carbonyl (C=O) groups excluding carboxylic acids is 3. The van der Waals surface area contributed by atoms with Gasteiger partial charge in [-0.2, -0.15) is 0 Å². The van der Waals surface area contributed by atoms with E-state index < -0.39 is 39.0 Å². The van der Waals surface area contributed by atoms with Crippen molar-refractivity contribution in [3.05, 3.63) is 0 Å². The predicted octanol–water partition coefficient (Wildman–Crippen LogP) is 3.77. The minimum absolute atomic E-state index is 0.0101. The molecular weight excluding hydrogens is 464 g/mol. The Balaban J connectivity index is 2.09. The van der Waals surface area contributed by atoms with Crippen LogP contribution in [0, 0.1) is 23.2 Å². The molecule has 7 atom stereocenters. The molecule has 2 bridgehead atoms. The van der Waals surface area contributed by atoms with Gasteiger partial charge < -0.3 is 20.1 Å². The smallest absolute Gasteiger partial charge is 0.311 e. The second kappa shape index (κ2) is 9.55. The first-order chi connectivity index (χ1) is 16.1. The third kappa shape index (κ3) is 4.86. The summed E-state index contributed by atoms with van der Waals surface area (Å²) in [4.78, 5) is 43.2. The maximum Gasteiger partial charge on any atom is 0.311 e. The van der Waals surface area contributed by atoms with Gasteiger partial charge in [0.05, 0.1) is 35.8 Å². The highest BCUT2D eigenvalue weighted by Crippen LogP contribution is 2.71. The van der Waals surface area contributed by atoms with E-state index in [-0.39, 0.29) is 42.3 Å². The van der Waals surface area contributed by atoms with Crippen LogP contribution in [-0.2, 0) is 19.1 Å². The van der Waals surface area contributed by atoms with E-state index in [4.69, 9.17) is 4.74 Å². The largest absolute Gasteiger partial charge is 0.466 e. The Bertz CT molecular complexity index is 855. The number of aliphatic hydroxyl groups excluding tert-OH is 1. The van der Waals surface area contributed by atoms with Crippen molar-refractivity contribution >= 4 is 29.5 Å². The number of hydrogen-bond acceptors (Lipinski definition) is 6. The third-order valence-corrected chi connectivity index (χ3v) is 10.3. The predicted molar refractivity (Wildman–Crippen MR) is 139 cm³/mol. The van der Waals surface area contributed by atoms with Crippen LogP contribution in [0.15, 0.2) is 0 Å². The molecule has 0 saturated carbocycles. The fraction of sp³-hybridized carbons (Fsp3) is 0.889. The average Bonchev–Trinajstić information content (AvgIpc) is 3.27. The molecule has 3 heterocycles. The number of rotatable bonds is 9. The second-order valence-corrected chi connectivity index (χ2v) is 14.9. The molecule has 0 aliphatic carbocycles. The zero-order valence-corrected chi connectivity index (χ0v) is 23.9. The van der Waals surface area contributed by atoms with Gasteiger partial charge >= 0.3 is 5.97 Å². The van der Waals surface area contributed by atoms with E-state index >= 15 is 0 Å². The summed E-state index contributed by atoms with van der Waals surface area (Å²) < 4.78 is 4.30. The van der Waals surface area contributed by atoms with E-state index in [9.17, 15) is 19.5 Å². The topological polar surface area (TPSA) is 95.9 Å². The highest BCUT2D eigenvalue weighted by atomic mass is 32.2. The number of aliphatic hydroxyl groups is 1. The Hall–Kier alpha value is -1.28. The van der Waals surface area contributed by atoms with E-state index in [1.165, 1.54) is 0 Å². The van der Waals surface area contributed by atoms with Gasteiger partial charge in [-0.05, 0) is 58.3 Å². The van der Waals surface area contributed by atoms with Crippen molar-refractivity contribution in [1.29, 1.82) is 0 Å². The normalized spacial score (nSPS) is 34.1. The quantitative estimate of drug-likeness (QED) is 0.459. The molecule has 1 spiro atoms. The molecule has 0 aromatic carbocycles. The number of likely N-dealkylation sites (tertiary alicyclic amines) is 1. The Morgan fingerprint density at radius 1 is 1.23 bits per heavy atom. The number of fused-ring (bicyclic) bond motifs is 1. The van der Waals surface area contributed by atoms with E-state index in [1.807, 2.05) is 34.6 Å². The standard InChI is InChI=1S/C27H46N2O5S/c1-10-16(3)17(14-30)29-20(21(31)28-25(7,8)15-24(4,5)6)27-13-12-26(9,35-27)19(18(27)22(29)32)23(33)34-11-2/h16-20,30H,10-15H2,1-9H3,(H,28,31)/t16-,17-,18-,19+,20?,26-,27?/m0/s1. The molecule has 3 saturated heterocycles. The summed E-state index contributed by atoms with van der Waals surface area (Å²) in [6.07, 6.45) is 2.98. The number of hydrogen-bond donors (Lipinski definition) is 2. The number of esters is 1. The van der Waals surface area contributed by atoms with Gasteiger partial charge in [0.2, 0.25) is 11.8 Å².